The molecule has 8 heteroatoms. The molecular formula is C32H43N3O5. The van der Waals surface area contributed by atoms with Gasteiger partial charge in [-0.25, -0.2) is 4.98 Å². The highest BCUT2D eigenvalue weighted by molar-refractivity contribution is 5.83. The highest BCUT2D eigenvalue weighted by atomic mass is 16.5. The summed E-state index contributed by atoms with van der Waals surface area (Å²) in [5.41, 5.74) is 4.18. The fraction of sp³-hybridized carbons (Fsp3) is 0.594. The Bertz CT molecular complexity index is 1240. The standard InChI is InChI=1S/C32H43N3O5/c1-20(30(36)37)29(22-6-7-22)23-8-11-33-28(15-23)40-19-21-9-12-34(13-10-21)27-16-25(39-5)14-24-17-35(18-26(24)27)31(38)32(2,3)4/h8,11,14-16,20-22,29H,6-7,9-10,12-13,17-19H2,1-5H3,(H,36,37)/t20-,29-/m0/s1. The number of ether oxygens (including phenoxy) is 2. The van der Waals surface area contributed by atoms with Gasteiger partial charge in [-0.15, -0.1) is 0 Å². The van der Waals surface area contributed by atoms with Crippen LogP contribution in [0.1, 0.15) is 76.0 Å². The SMILES string of the molecule is COc1cc2c(c(N3CCC(COc4cc([C@H](C5CC5)[C@H](C)C(=O)O)ccn4)CC3)c1)CN(C(=O)C(C)(C)C)C2. The van der Waals surface area contributed by atoms with Crippen molar-refractivity contribution in [1.82, 2.24) is 9.88 Å². The number of aliphatic carboxylic acids is 1. The number of carboxylic acid groups (broad SMARTS) is 1. The smallest absolute Gasteiger partial charge is 0.306 e. The van der Waals surface area contributed by atoms with Crippen molar-refractivity contribution in [3.8, 4) is 11.6 Å². The van der Waals surface area contributed by atoms with Crippen LogP contribution in [0.25, 0.3) is 0 Å². The summed E-state index contributed by atoms with van der Waals surface area (Å²) in [6.45, 7) is 11.4. The summed E-state index contributed by atoms with van der Waals surface area (Å²) in [5, 5.41) is 9.61. The van der Waals surface area contributed by atoms with Gasteiger partial charge in [-0.2, -0.15) is 0 Å². The summed E-state index contributed by atoms with van der Waals surface area (Å²) in [5.74, 6) is 1.25. The number of hydrogen-bond donors (Lipinski definition) is 1. The number of carboxylic acids is 1. The van der Waals surface area contributed by atoms with Crippen molar-refractivity contribution in [1.29, 1.82) is 0 Å². The molecule has 40 heavy (non-hydrogen) atoms. The molecule has 5 rings (SSSR count). The Hall–Kier alpha value is -3.29. The van der Waals surface area contributed by atoms with Crippen LogP contribution in [0.2, 0.25) is 0 Å². The Labute approximate surface area is 237 Å². The lowest BCUT2D eigenvalue weighted by Crippen LogP contribution is -2.37. The minimum Gasteiger partial charge on any atom is -0.497 e. The van der Waals surface area contributed by atoms with Crippen molar-refractivity contribution in [3.63, 3.8) is 0 Å². The van der Waals surface area contributed by atoms with Crippen LogP contribution in [0.4, 0.5) is 5.69 Å². The third-order valence-electron chi connectivity index (χ3n) is 8.79. The van der Waals surface area contributed by atoms with Crippen molar-refractivity contribution >= 4 is 17.6 Å². The maximum atomic E-state index is 13.0. The van der Waals surface area contributed by atoms with Crippen molar-refractivity contribution < 1.29 is 24.2 Å². The molecule has 216 valence electrons. The van der Waals surface area contributed by atoms with E-state index in [0.717, 1.165) is 50.1 Å². The highest BCUT2D eigenvalue weighted by Gasteiger charge is 2.39. The third-order valence-corrected chi connectivity index (χ3v) is 8.79. The summed E-state index contributed by atoms with van der Waals surface area (Å²) in [6.07, 6.45) is 5.91. The van der Waals surface area contributed by atoms with Gasteiger partial charge in [0.25, 0.3) is 0 Å². The Kier molecular flexibility index (Phi) is 7.98. The van der Waals surface area contributed by atoms with Crippen LogP contribution in [0.15, 0.2) is 30.5 Å². The molecule has 8 nitrogen and oxygen atoms in total. The van der Waals surface area contributed by atoms with Crippen molar-refractivity contribution in [2.24, 2.45) is 23.2 Å². The normalized spacial score (nSPS) is 19.2. The quantitative estimate of drug-likeness (QED) is 0.442. The number of amides is 1. The number of anilines is 1. The fourth-order valence-electron chi connectivity index (χ4n) is 6.31. The van der Waals surface area contributed by atoms with Crippen molar-refractivity contribution in [3.05, 3.63) is 47.2 Å². The van der Waals surface area contributed by atoms with Gasteiger partial charge in [-0.1, -0.05) is 27.7 Å². The molecule has 3 heterocycles. The molecule has 1 saturated heterocycles. The van der Waals surface area contributed by atoms with Crippen LogP contribution >= 0.6 is 0 Å². The van der Waals surface area contributed by atoms with E-state index in [1.807, 2.05) is 37.8 Å². The van der Waals surface area contributed by atoms with Crippen LogP contribution in [-0.2, 0) is 22.7 Å². The van der Waals surface area contributed by atoms with Crippen molar-refractivity contribution in [2.75, 3.05) is 31.7 Å². The zero-order chi connectivity index (χ0) is 28.6. The van der Waals surface area contributed by atoms with Crippen LogP contribution in [-0.4, -0.2) is 53.7 Å². The van der Waals surface area contributed by atoms with Gasteiger partial charge in [-0.05, 0) is 66.7 Å². The molecule has 0 bridgehead atoms. The minimum atomic E-state index is -0.752. The molecule has 1 saturated carbocycles. The number of hydrogen-bond acceptors (Lipinski definition) is 6. The van der Waals surface area contributed by atoms with Gasteiger partial charge in [0.2, 0.25) is 11.8 Å². The number of carbonyl (C=O) groups is 2. The largest absolute Gasteiger partial charge is 0.497 e. The molecule has 2 aromatic rings. The minimum absolute atomic E-state index is 0.00490. The Morgan fingerprint density at radius 1 is 1.10 bits per heavy atom. The van der Waals surface area contributed by atoms with E-state index in [1.165, 1.54) is 16.8 Å². The molecule has 1 aromatic carbocycles. The summed E-state index contributed by atoms with van der Waals surface area (Å²) < 4.78 is 11.8. The number of fused-ring (bicyclic) bond motifs is 1. The second kappa shape index (κ2) is 11.3. The van der Waals surface area contributed by atoms with Gasteiger partial charge < -0.3 is 24.4 Å². The van der Waals surface area contributed by atoms with E-state index in [9.17, 15) is 14.7 Å². The highest BCUT2D eigenvalue weighted by Crippen LogP contribution is 2.47. The first kappa shape index (κ1) is 28.2. The Morgan fingerprint density at radius 2 is 1.82 bits per heavy atom. The molecule has 0 radical (unpaired) electrons. The number of methoxy groups -OCH3 is 1. The summed E-state index contributed by atoms with van der Waals surface area (Å²) in [6, 6.07) is 8.07. The molecule has 1 N–H and O–H groups in total. The monoisotopic (exact) mass is 549 g/mol. The number of rotatable bonds is 9. The molecular weight excluding hydrogens is 506 g/mol. The maximum absolute atomic E-state index is 13.0. The number of aromatic nitrogens is 1. The van der Waals surface area contributed by atoms with Gasteiger partial charge in [0.05, 0.1) is 19.6 Å². The van der Waals surface area contributed by atoms with Gasteiger partial charge in [0, 0.05) is 61.2 Å². The lowest BCUT2D eigenvalue weighted by atomic mass is 9.84. The first-order valence-corrected chi connectivity index (χ1v) is 14.6. The van der Waals surface area contributed by atoms with E-state index in [4.69, 9.17) is 9.47 Å². The molecule has 2 fully saturated rings. The zero-order valence-corrected chi connectivity index (χ0v) is 24.5. The Morgan fingerprint density at radius 3 is 2.45 bits per heavy atom. The second-order valence-electron chi connectivity index (χ2n) is 12.9. The van der Waals surface area contributed by atoms with Gasteiger partial charge in [0.15, 0.2) is 0 Å². The van der Waals surface area contributed by atoms with Crippen LogP contribution in [0.3, 0.4) is 0 Å². The summed E-state index contributed by atoms with van der Waals surface area (Å²) >= 11 is 0. The van der Waals surface area contributed by atoms with E-state index in [2.05, 4.69) is 22.0 Å². The summed E-state index contributed by atoms with van der Waals surface area (Å²) in [7, 11) is 1.69. The molecule has 3 aliphatic rings. The topological polar surface area (TPSA) is 92.2 Å². The molecule has 0 unspecified atom stereocenters. The van der Waals surface area contributed by atoms with Crippen molar-refractivity contribution in [2.45, 2.75) is 72.4 Å². The molecule has 2 atom stereocenters. The maximum Gasteiger partial charge on any atom is 0.306 e. The lowest BCUT2D eigenvalue weighted by molar-refractivity contribution is -0.142. The van der Waals surface area contributed by atoms with Crippen LogP contribution in [0.5, 0.6) is 11.6 Å². The van der Waals surface area contributed by atoms with E-state index in [-0.39, 0.29) is 11.8 Å². The van der Waals surface area contributed by atoms with Crippen LogP contribution < -0.4 is 14.4 Å². The van der Waals surface area contributed by atoms with Gasteiger partial charge in [-0.3, -0.25) is 9.59 Å². The fourth-order valence-corrected chi connectivity index (χ4v) is 6.31. The third kappa shape index (κ3) is 6.06. The second-order valence-corrected chi connectivity index (χ2v) is 12.9. The van der Waals surface area contributed by atoms with E-state index in [0.29, 0.717) is 37.4 Å². The Balaban J connectivity index is 1.21. The predicted molar refractivity (Wildman–Crippen MR) is 154 cm³/mol. The molecule has 1 amide bonds. The number of piperidine rings is 1. The molecule has 0 spiro atoms. The number of benzene rings is 1. The number of pyridine rings is 1. The number of nitrogens with zero attached hydrogens (tertiary/aromatic N) is 3. The molecule has 2 aliphatic heterocycles. The first-order valence-electron chi connectivity index (χ1n) is 14.6. The molecule has 1 aliphatic carbocycles. The van der Waals surface area contributed by atoms with Crippen LogP contribution in [0, 0.1) is 23.2 Å². The average Bonchev–Trinajstić information content (AvgIpc) is 3.67. The van der Waals surface area contributed by atoms with Gasteiger partial charge in [0.1, 0.15) is 5.75 Å². The molecule has 1 aromatic heterocycles. The lowest BCUT2D eigenvalue weighted by Gasteiger charge is -2.35. The van der Waals surface area contributed by atoms with E-state index < -0.39 is 17.3 Å². The average molecular weight is 550 g/mol. The predicted octanol–water partition coefficient (Wildman–Crippen LogP) is 5.49. The summed E-state index contributed by atoms with van der Waals surface area (Å²) in [4.78, 5) is 33.5. The van der Waals surface area contributed by atoms with Gasteiger partial charge >= 0.3 is 5.97 Å². The number of carbonyl (C=O) groups excluding carboxylic acids is 1. The van der Waals surface area contributed by atoms with E-state index in [1.54, 1.807) is 20.2 Å². The first-order chi connectivity index (χ1) is 19.0. The van der Waals surface area contributed by atoms with E-state index >= 15 is 0 Å². The zero-order valence-electron chi connectivity index (χ0n) is 24.5.